The Morgan fingerprint density at radius 2 is 1.88 bits per heavy atom. The molecular formula is C22H18N2O2. The molecule has 0 saturated carbocycles. The van der Waals surface area contributed by atoms with Gasteiger partial charge in [0, 0.05) is 29.6 Å². The maximum atomic E-state index is 11.0. The van der Waals surface area contributed by atoms with E-state index in [4.69, 9.17) is 0 Å². The molecule has 0 amide bonds. The first-order valence-electron chi connectivity index (χ1n) is 8.46. The summed E-state index contributed by atoms with van der Waals surface area (Å²) in [5.41, 5.74) is 5.22. The van der Waals surface area contributed by atoms with Gasteiger partial charge < -0.3 is 14.8 Å². The van der Waals surface area contributed by atoms with Gasteiger partial charge in [-0.05, 0) is 35.4 Å². The van der Waals surface area contributed by atoms with Crippen molar-refractivity contribution in [2.24, 2.45) is 7.05 Å². The lowest BCUT2D eigenvalue weighted by molar-refractivity contribution is -0.644. The Bertz CT molecular complexity index is 1070. The zero-order valence-electron chi connectivity index (χ0n) is 14.4. The monoisotopic (exact) mass is 342 g/mol. The highest BCUT2D eigenvalue weighted by molar-refractivity contribution is 5.99. The van der Waals surface area contributed by atoms with Crippen LogP contribution in [0.3, 0.4) is 0 Å². The Labute approximate surface area is 151 Å². The molecule has 0 atom stereocenters. The van der Waals surface area contributed by atoms with Crippen LogP contribution in [0, 0.1) is 0 Å². The fourth-order valence-corrected chi connectivity index (χ4v) is 3.39. The summed E-state index contributed by atoms with van der Waals surface area (Å²) in [5, 5.41) is 12.2. The predicted molar refractivity (Wildman–Crippen MR) is 101 cm³/mol. The topological polar surface area (TPSA) is 47.2 Å². The fraction of sp³-hybridized carbons (Fsp3) is 0.0909. The molecule has 4 rings (SSSR count). The Morgan fingerprint density at radius 3 is 2.73 bits per heavy atom. The van der Waals surface area contributed by atoms with Crippen LogP contribution in [0.25, 0.3) is 22.6 Å². The summed E-state index contributed by atoms with van der Waals surface area (Å²) in [6, 6.07) is 18.2. The highest BCUT2D eigenvalue weighted by Gasteiger charge is 2.16. The van der Waals surface area contributed by atoms with Crippen LogP contribution in [0.15, 0.2) is 73.1 Å². The van der Waals surface area contributed by atoms with Gasteiger partial charge in [0.1, 0.15) is 7.05 Å². The largest absolute Gasteiger partial charge is 0.548 e. The summed E-state index contributed by atoms with van der Waals surface area (Å²) in [4.78, 5) is 12.7. The van der Waals surface area contributed by atoms with Crippen molar-refractivity contribution in [3.63, 3.8) is 0 Å². The van der Waals surface area contributed by atoms with Crippen LogP contribution < -0.4 is 14.6 Å². The number of benzene rings is 2. The van der Waals surface area contributed by atoms with E-state index in [0.717, 1.165) is 27.9 Å². The van der Waals surface area contributed by atoms with Gasteiger partial charge in [-0.1, -0.05) is 30.3 Å². The van der Waals surface area contributed by atoms with Crippen molar-refractivity contribution in [1.82, 2.24) is 0 Å². The van der Waals surface area contributed by atoms with Crippen LogP contribution in [0.5, 0.6) is 0 Å². The Hall–Kier alpha value is -3.40. The number of carbonyl (C=O) groups excluding carboxylic acids is 1. The molecule has 0 radical (unpaired) electrons. The normalized spacial score (nSPS) is 14.7. The summed E-state index contributed by atoms with van der Waals surface area (Å²) >= 11 is 0. The van der Waals surface area contributed by atoms with E-state index in [-0.39, 0.29) is 6.54 Å². The second-order valence-electron chi connectivity index (χ2n) is 6.33. The van der Waals surface area contributed by atoms with Gasteiger partial charge in [0.25, 0.3) is 0 Å². The van der Waals surface area contributed by atoms with Crippen molar-refractivity contribution >= 4 is 34.2 Å². The van der Waals surface area contributed by atoms with Crippen molar-refractivity contribution in [2.75, 3.05) is 11.4 Å². The molecular weight excluding hydrogens is 324 g/mol. The quantitative estimate of drug-likeness (QED) is 0.686. The van der Waals surface area contributed by atoms with Gasteiger partial charge in [-0.15, -0.1) is 0 Å². The van der Waals surface area contributed by atoms with Gasteiger partial charge in [-0.25, -0.2) is 4.57 Å². The van der Waals surface area contributed by atoms with E-state index in [2.05, 4.69) is 35.0 Å². The van der Waals surface area contributed by atoms with E-state index in [1.165, 1.54) is 5.39 Å². The second kappa shape index (κ2) is 6.48. The molecule has 128 valence electrons. The van der Waals surface area contributed by atoms with Crippen LogP contribution in [0.2, 0.25) is 0 Å². The zero-order valence-corrected chi connectivity index (χ0v) is 14.4. The lowest BCUT2D eigenvalue weighted by Gasteiger charge is -2.28. The predicted octanol–water partition coefficient (Wildman–Crippen LogP) is 2.29. The summed E-state index contributed by atoms with van der Waals surface area (Å²) in [5.74, 6) is -1.10. The molecule has 0 bridgehead atoms. The number of rotatable bonds is 3. The SMILES string of the molecule is C[n+]1ccc(/C=C2/C=CN(CC(=O)[O-])c3ccccc32)c2ccccc21. The number of nitrogens with zero attached hydrogens (tertiary/aromatic N) is 2. The highest BCUT2D eigenvalue weighted by Crippen LogP contribution is 2.34. The minimum atomic E-state index is -1.10. The third-order valence-electron chi connectivity index (χ3n) is 4.64. The highest BCUT2D eigenvalue weighted by atomic mass is 16.4. The number of carboxylic acid groups (broad SMARTS) is 1. The number of carboxylic acids is 1. The van der Waals surface area contributed by atoms with Crippen molar-refractivity contribution in [2.45, 2.75) is 0 Å². The summed E-state index contributed by atoms with van der Waals surface area (Å²) in [7, 11) is 2.03. The molecule has 1 aliphatic heterocycles. The molecule has 0 N–H and O–H groups in total. The first-order valence-corrected chi connectivity index (χ1v) is 8.46. The van der Waals surface area contributed by atoms with E-state index in [9.17, 15) is 9.90 Å². The lowest BCUT2D eigenvalue weighted by Crippen LogP contribution is -2.36. The first kappa shape index (κ1) is 16.1. The number of aliphatic carboxylic acids is 1. The summed E-state index contributed by atoms with van der Waals surface area (Å²) in [6.45, 7) is -0.162. The van der Waals surface area contributed by atoms with Gasteiger partial charge in [-0.3, -0.25) is 0 Å². The minimum absolute atomic E-state index is 0.162. The molecule has 4 heteroatoms. The average molecular weight is 342 g/mol. The number of hydrogen-bond acceptors (Lipinski definition) is 3. The number of allylic oxidation sites excluding steroid dienone is 2. The first-order chi connectivity index (χ1) is 12.6. The number of anilines is 1. The van der Waals surface area contributed by atoms with E-state index >= 15 is 0 Å². The third kappa shape index (κ3) is 2.86. The lowest BCUT2D eigenvalue weighted by atomic mass is 9.96. The van der Waals surface area contributed by atoms with Gasteiger partial charge in [-0.2, -0.15) is 0 Å². The standard InChI is InChI=1S/C22H18N2O2/c1-23-12-10-16(18-6-2-4-8-20(18)23)14-17-11-13-24(15-22(25)26)21-9-5-3-7-19(17)21/h2-14H,15H2,1H3. The van der Waals surface area contributed by atoms with E-state index in [0.29, 0.717) is 0 Å². The van der Waals surface area contributed by atoms with Crippen molar-refractivity contribution in [3.05, 3.63) is 84.2 Å². The van der Waals surface area contributed by atoms with Gasteiger partial charge >= 0.3 is 0 Å². The molecule has 0 fully saturated rings. The van der Waals surface area contributed by atoms with Crippen LogP contribution in [-0.4, -0.2) is 12.5 Å². The van der Waals surface area contributed by atoms with Crippen molar-refractivity contribution in [1.29, 1.82) is 0 Å². The van der Waals surface area contributed by atoms with Gasteiger partial charge in [0.05, 0.1) is 17.9 Å². The fourth-order valence-electron chi connectivity index (χ4n) is 3.39. The molecule has 1 aromatic heterocycles. The number of para-hydroxylation sites is 2. The smallest absolute Gasteiger partial charge is 0.212 e. The minimum Gasteiger partial charge on any atom is -0.548 e. The van der Waals surface area contributed by atoms with Gasteiger partial charge in [0.15, 0.2) is 6.20 Å². The number of aryl methyl sites for hydroxylation is 1. The molecule has 2 aromatic carbocycles. The molecule has 2 heterocycles. The Balaban J connectivity index is 1.85. The summed E-state index contributed by atoms with van der Waals surface area (Å²) in [6.07, 6.45) is 7.95. The van der Waals surface area contributed by atoms with Crippen LogP contribution in [0.1, 0.15) is 11.1 Å². The maximum absolute atomic E-state index is 11.0. The average Bonchev–Trinajstić information content (AvgIpc) is 2.66. The molecule has 0 unspecified atom stereocenters. The van der Waals surface area contributed by atoms with Gasteiger partial charge in [0.2, 0.25) is 5.52 Å². The number of hydrogen-bond donors (Lipinski definition) is 0. The zero-order chi connectivity index (χ0) is 18.1. The number of pyridine rings is 1. The molecule has 3 aromatic rings. The molecule has 0 saturated heterocycles. The summed E-state index contributed by atoms with van der Waals surface area (Å²) < 4.78 is 2.10. The van der Waals surface area contributed by atoms with Crippen molar-refractivity contribution < 1.29 is 14.5 Å². The molecule has 0 aliphatic carbocycles. The van der Waals surface area contributed by atoms with E-state index in [1.54, 1.807) is 11.1 Å². The number of aromatic nitrogens is 1. The van der Waals surface area contributed by atoms with Crippen LogP contribution >= 0.6 is 0 Å². The number of fused-ring (bicyclic) bond motifs is 2. The Morgan fingerprint density at radius 1 is 1.12 bits per heavy atom. The molecule has 4 nitrogen and oxygen atoms in total. The molecule has 0 spiro atoms. The third-order valence-corrected chi connectivity index (χ3v) is 4.64. The van der Waals surface area contributed by atoms with E-state index in [1.807, 2.05) is 49.5 Å². The molecule has 26 heavy (non-hydrogen) atoms. The van der Waals surface area contributed by atoms with E-state index < -0.39 is 5.97 Å². The second-order valence-corrected chi connectivity index (χ2v) is 6.33. The van der Waals surface area contributed by atoms with Crippen LogP contribution in [0.4, 0.5) is 5.69 Å². The van der Waals surface area contributed by atoms with Crippen LogP contribution in [-0.2, 0) is 11.8 Å². The molecule has 1 aliphatic rings. The maximum Gasteiger partial charge on any atom is 0.212 e. The Kier molecular flexibility index (Phi) is 4.01. The number of carbonyl (C=O) groups is 1. The van der Waals surface area contributed by atoms with Crippen molar-refractivity contribution in [3.8, 4) is 0 Å².